The van der Waals surface area contributed by atoms with Gasteiger partial charge in [-0.1, -0.05) is 12.1 Å². The molecule has 0 aliphatic rings. The molecule has 0 spiro atoms. The quantitative estimate of drug-likeness (QED) is 0.298. The number of aromatic hydroxyl groups is 1. The minimum absolute atomic E-state index is 0.192. The lowest BCUT2D eigenvalue weighted by Gasteiger charge is -2.28. The molecule has 1 aromatic carbocycles. The Balaban J connectivity index is 2.91. The van der Waals surface area contributed by atoms with E-state index in [1.165, 1.54) is 0 Å². The van der Waals surface area contributed by atoms with Crippen molar-refractivity contribution in [2.24, 2.45) is 0 Å². The normalized spacial score (nSPS) is 12.4. The molecule has 7 heteroatoms. The van der Waals surface area contributed by atoms with E-state index in [9.17, 15) is 14.6 Å². The number of halogens is 2. The number of unbranched alkanes of at least 4 members (excludes halogenated alkanes) is 2. The molecule has 23 heavy (non-hydrogen) atoms. The van der Waals surface area contributed by atoms with Crippen molar-refractivity contribution in [1.82, 2.24) is 0 Å². The van der Waals surface area contributed by atoms with E-state index in [0.717, 1.165) is 31.2 Å². The average molecular weight is 382 g/mol. The van der Waals surface area contributed by atoms with Crippen LogP contribution in [0.15, 0.2) is 24.3 Å². The van der Waals surface area contributed by atoms with Crippen LogP contribution in [0.1, 0.15) is 44.1 Å². The van der Waals surface area contributed by atoms with Crippen LogP contribution in [0.25, 0.3) is 0 Å². The highest BCUT2D eigenvalue weighted by atomic mass is 35.5. The van der Waals surface area contributed by atoms with Crippen molar-refractivity contribution in [3.05, 3.63) is 29.8 Å². The molecule has 0 bridgehead atoms. The fourth-order valence-electron chi connectivity index (χ4n) is 2.66. The smallest absolute Gasteiger partial charge is 0.508 e. The Morgan fingerprint density at radius 1 is 1.00 bits per heavy atom. The molecule has 4 nitrogen and oxygen atoms in total. The monoisotopic (exact) mass is 381 g/mol. The standard InChI is InChI=1S/C16H23Cl2O4P/c17-11-3-1-9-16(22-23(20)21,10-2-4-12-18)13-14-5-7-15(19)8-6-14/h5-8H,1-4,9-13H2,(H-,19,20,21)/p+1. The van der Waals surface area contributed by atoms with Crippen molar-refractivity contribution in [3.63, 3.8) is 0 Å². The highest BCUT2D eigenvalue weighted by Gasteiger charge is 2.39. The van der Waals surface area contributed by atoms with E-state index in [1.807, 2.05) is 0 Å². The Labute approximate surface area is 148 Å². The highest BCUT2D eigenvalue weighted by molar-refractivity contribution is 7.32. The first-order chi connectivity index (χ1) is 11.0. The third-order valence-electron chi connectivity index (χ3n) is 3.77. The van der Waals surface area contributed by atoms with Gasteiger partial charge in [0.25, 0.3) is 0 Å². The van der Waals surface area contributed by atoms with Gasteiger partial charge in [0, 0.05) is 22.7 Å². The zero-order valence-electron chi connectivity index (χ0n) is 13.1. The molecule has 0 aromatic heterocycles. The van der Waals surface area contributed by atoms with Crippen molar-refractivity contribution in [1.29, 1.82) is 0 Å². The van der Waals surface area contributed by atoms with Gasteiger partial charge in [0.15, 0.2) is 0 Å². The van der Waals surface area contributed by atoms with Crippen molar-refractivity contribution in [2.45, 2.75) is 50.5 Å². The molecule has 1 unspecified atom stereocenters. The molecule has 130 valence electrons. The van der Waals surface area contributed by atoms with Crippen LogP contribution in [0, 0.1) is 0 Å². The van der Waals surface area contributed by atoms with Gasteiger partial charge < -0.3 is 5.11 Å². The van der Waals surface area contributed by atoms with E-state index in [0.29, 0.717) is 31.0 Å². The predicted molar refractivity (Wildman–Crippen MR) is 94.6 cm³/mol. The van der Waals surface area contributed by atoms with E-state index in [1.54, 1.807) is 24.3 Å². The van der Waals surface area contributed by atoms with Gasteiger partial charge in [-0.3, -0.25) is 0 Å². The Kier molecular flexibility index (Phi) is 10.1. The third kappa shape index (κ3) is 8.32. The molecule has 0 aliphatic carbocycles. The molecule has 1 atom stereocenters. The lowest BCUT2D eigenvalue weighted by Crippen LogP contribution is -2.33. The molecule has 0 aliphatic heterocycles. The Morgan fingerprint density at radius 3 is 1.96 bits per heavy atom. The Hall–Kier alpha value is -0.380. The fourth-order valence-corrected chi connectivity index (χ4v) is 3.62. The summed E-state index contributed by atoms with van der Waals surface area (Å²) in [6, 6.07) is 6.83. The van der Waals surface area contributed by atoms with Gasteiger partial charge in [-0.05, 0) is 56.2 Å². The molecule has 0 fully saturated rings. The molecule has 1 rings (SSSR count). The van der Waals surface area contributed by atoms with Crippen LogP contribution in [-0.4, -0.2) is 27.4 Å². The highest BCUT2D eigenvalue weighted by Crippen LogP contribution is 2.37. The van der Waals surface area contributed by atoms with Crippen LogP contribution >= 0.6 is 31.5 Å². The predicted octanol–water partition coefficient (Wildman–Crippen LogP) is 5.16. The van der Waals surface area contributed by atoms with E-state index >= 15 is 0 Å². The molecule has 0 saturated carbocycles. The van der Waals surface area contributed by atoms with Crippen LogP contribution in [-0.2, 0) is 15.5 Å². The first-order valence-corrected chi connectivity index (χ1v) is 9.96. The van der Waals surface area contributed by atoms with Gasteiger partial charge in [-0.25, -0.2) is 0 Å². The summed E-state index contributed by atoms with van der Waals surface area (Å²) in [5.74, 6) is 1.31. The van der Waals surface area contributed by atoms with Crippen LogP contribution in [0.5, 0.6) is 5.75 Å². The van der Waals surface area contributed by atoms with Crippen LogP contribution in [0.3, 0.4) is 0 Å². The first kappa shape index (κ1) is 20.7. The number of hydrogen-bond acceptors (Lipinski definition) is 3. The summed E-state index contributed by atoms with van der Waals surface area (Å²) in [5, 5.41) is 9.40. The van der Waals surface area contributed by atoms with Gasteiger partial charge in [0.2, 0.25) is 0 Å². The van der Waals surface area contributed by atoms with E-state index in [4.69, 9.17) is 27.7 Å². The summed E-state index contributed by atoms with van der Waals surface area (Å²) in [6.07, 6.45) is 5.14. The SMILES string of the molecule is O=[P+](O)OC(CCCCCl)(CCCCCl)Cc1ccc(O)cc1. The van der Waals surface area contributed by atoms with Crippen LogP contribution in [0.2, 0.25) is 0 Å². The van der Waals surface area contributed by atoms with Crippen molar-refractivity contribution in [2.75, 3.05) is 11.8 Å². The summed E-state index contributed by atoms with van der Waals surface area (Å²) in [5.41, 5.74) is 0.244. The number of phenolic OH excluding ortho intramolecular Hbond substituents is 1. The van der Waals surface area contributed by atoms with Crippen LogP contribution in [0.4, 0.5) is 0 Å². The zero-order valence-corrected chi connectivity index (χ0v) is 15.5. The van der Waals surface area contributed by atoms with Gasteiger partial charge in [-0.2, -0.15) is 0 Å². The topological polar surface area (TPSA) is 66.8 Å². The van der Waals surface area contributed by atoms with E-state index in [2.05, 4.69) is 0 Å². The molecule has 0 heterocycles. The number of rotatable bonds is 12. The average Bonchev–Trinajstić information content (AvgIpc) is 2.49. The lowest BCUT2D eigenvalue weighted by atomic mass is 9.85. The van der Waals surface area contributed by atoms with Gasteiger partial charge in [-0.15, -0.1) is 32.6 Å². The Bertz CT molecular complexity index is 458. The number of benzene rings is 1. The van der Waals surface area contributed by atoms with E-state index < -0.39 is 13.9 Å². The minimum Gasteiger partial charge on any atom is -0.508 e. The Morgan fingerprint density at radius 2 is 1.52 bits per heavy atom. The molecule has 0 saturated heterocycles. The summed E-state index contributed by atoms with van der Waals surface area (Å²) in [6.45, 7) is 0. The summed E-state index contributed by atoms with van der Waals surface area (Å²) < 4.78 is 16.8. The first-order valence-electron chi connectivity index (χ1n) is 7.76. The summed E-state index contributed by atoms with van der Waals surface area (Å²) in [4.78, 5) is 9.32. The minimum atomic E-state index is -2.70. The maximum absolute atomic E-state index is 11.4. The lowest BCUT2D eigenvalue weighted by molar-refractivity contribution is 0.0428. The molecular formula is C16H24Cl2O4P+. The number of alkyl halides is 2. The maximum atomic E-state index is 11.4. The van der Waals surface area contributed by atoms with Crippen molar-refractivity contribution < 1.29 is 19.1 Å². The maximum Gasteiger partial charge on any atom is 0.695 e. The van der Waals surface area contributed by atoms with Crippen molar-refractivity contribution >= 4 is 31.5 Å². The van der Waals surface area contributed by atoms with Crippen molar-refractivity contribution in [3.8, 4) is 5.75 Å². The molecule has 2 N–H and O–H groups in total. The van der Waals surface area contributed by atoms with Gasteiger partial charge in [0.1, 0.15) is 11.4 Å². The molecule has 1 aromatic rings. The summed E-state index contributed by atoms with van der Waals surface area (Å²) >= 11 is 11.5. The molecule has 0 radical (unpaired) electrons. The second kappa shape index (κ2) is 11.2. The fraction of sp³-hybridized carbons (Fsp3) is 0.625. The van der Waals surface area contributed by atoms with Gasteiger partial charge in [0.05, 0.1) is 0 Å². The van der Waals surface area contributed by atoms with Gasteiger partial charge >= 0.3 is 8.25 Å². The summed E-state index contributed by atoms with van der Waals surface area (Å²) in [7, 11) is -2.70. The van der Waals surface area contributed by atoms with E-state index in [-0.39, 0.29) is 5.75 Å². The molecular weight excluding hydrogens is 358 g/mol. The third-order valence-corrected chi connectivity index (χ3v) is 4.84. The van der Waals surface area contributed by atoms with Crippen LogP contribution < -0.4 is 0 Å². The second-order valence-electron chi connectivity index (χ2n) is 5.65. The largest absolute Gasteiger partial charge is 0.695 e. The zero-order chi connectivity index (χ0) is 17.1. The number of hydrogen-bond donors (Lipinski definition) is 2. The second-order valence-corrected chi connectivity index (χ2v) is 7.06. The number of phenols is 1. The molecule has 0 amide bonds.